The van der Waals surface area contributed by atoms with Crippen molar-refractivity contribution >= 4 is 34.0 Å². The number of aromatic nitrogens is 1. The maximum Gasteiger partial charge on any atom is 0.162 e. The Kier molecular flexibility index (Phi) is 3.85. The van der Waals surface area contributed by atoms with Gasteiger partial charge in [0.2, 0.25) is 0 Å². The van der Waals surface area contributed by atoms with Crippen LogP contribution in [0.15, 0.2) is 66.0 Å². The van der Waals surface area contributed by atoms with E-state index in [9.17, 15) is 4.79 Å². The van der Waals surface area contributed by atoms with Crippen LogP contribution in [0.3, 0.4) is 0 Å². The van der Waals surface area contributed by atoms with Gasteiger partial charge in [0.05, 0.1) is 5.52 Å². The molecule has 0 bridgehead atoms. The van der Waals surface area contributed by atoms with Crippen LogP contribution in [0, 0.1) is 5.41 Å². The number of anilines is 1. The third-order valence-corrected chi connectivity index (χ3v) is 6.17. The molecule has 1 atom stereocenters. The van der Waals surface area contributed by atoms with Gasteiger partial charge in [-0.1, -0.05) is 49.7 Å². The number of rotatable bonds is 1. The lowest BCUT2D eigenvalue weighted by Gasteiger charge is -2.40. The molecule has 1 aliphatic carbocycles. The third-order valence-electron chi connectivity index (χ3n) is 5.83. The molecule has 4 heteroatoms. The van der Waals surface area contributed by atoms with E-state index in [0.29, 0.717) is 11.4 Å². The highest BCUT2D eigenvalue weighted by Crippen LogP contribution is 2.51. The monoisotopic (exact) mass is 388 g/mol. The van der Waals surface area contributed by atoms with Crippen LogP contribution in [0.4, 0.5) is 5.69 Å². The van der Waals surface area contributed by atoms with E-state index in [2.05, 4.69) is 36.3 Å². The number of benzene rings is 2. The number of nitrogens with zero attached hydrogens (tertiary/aromatic N) is 1. The van der Waals surface area contributed by atoms with Gasteiger partial charge in [-0.25, -0.2) is 0 Å². The molecule has 28 heavy (non-hydrogen) atoms. The second-order valence-corrected chi connectivity index (χ2v) is 8.92. The smallest absolute Gasteiger partial charge is 0.162 e. The summed E-state index contributed by atoms with van der Waals surface area (Å²) in [4.78, 5) is 17.9. The van der Waals surface area contributed by atoms with E-state index < -0.39 is 0 Å². The predicted molar refractivity (Wildman–Crippen MR) is 114 cm³/mol. The summed E-state index contributed by atoms with van der Waals surface area (Å²) in [6.45, 7) is 4.31. The largest absolute Gasteiger partial charge is 0.358 e. The van der Waals surface area contributed by atoms with Crippen molar-refractivity contribution in [3.8, 4) is 0 Å². The molecule has 2 aliphatic rings. The van der Waals surface area contributed by atoms with Gasteiger partial charge in [-0.15, -0.1) is 0 Å². The molecule has 0 spiro atoms. The van der Waals surface area contributed by atoms with Crippen LogP contribution < -0.4 is 5.32 Å². The standard InChI is InChI=1S/C24H21ClN2O/c1-24(2)12-19-23(20(28)13-24)22(14-6-3-4-8-16(14)25)21-15-7-5-11-26-17(15)9-10-18(21)27-19/h3-11,22,27H,12-13H2,1-2H3/t22-/m1/s1. The maximum atomic E-state index is 13.3. The first-order valence-corrected chi connectivity index (χ1v) is 9.98. The van der Waals surface area contributed by atoms with Gasteiger partial charge < -0.3 is 5.32 Å². The lowest BCUT2D eigenvalue weighted by atomic mass is 9.68. The average molecular weight is 389 g/mol. The first kappa shape index (κ1) is 17.4. The Morgan fingerprint density at radius 3 is 2.71 bits per heavy atom. The fourth-order valence-electron chi connectivity index (χ4n) is 4.70. The summed E-state index contributed by atoms with van der Waals surface area (Å²) in [6, 6.07) is 16.0. The van der Waals surface area contributed by atoms with Gasteiger partial charge in [-0.3, -0.25) is 9.78 Å². The molecule has 0 fully saturated rings. The summed E-state index contributed by atoms with van der Waals surface area (Å²) in [6.07, 6.45) is 3.20. The zero-order valence-corrected chi connectivity index (χ0v) is 16.7. The second-order valence-electron chi connectivity index (χ2n) is 8.51. The summed E-state index contributed by atoms with van der Waals surface area (Å²) in [5.74, 6) is 0.0201. The van der Waals surface area contributed by atoms with E-state index in [1.54, 1.807) is 6.20 Å². The zero-order chi connectivity index (χ0) is 19.5. The minimum atomic E-state index is -0.184. The van der Waals surface area contributed by atoms with Gasteiger partial charge in [0.15, 0.2) is 5.78 Å². The van der Waals surface area contributed by atoms with Crippen molar-refractivity contribution in [1.29, 1.82) is 0 Å². The minimum absolute atomic E-state index is 0.0517. The number of nitrogens with one attached hydrogen (secondary N) is 1. The molecule has 5 rings (SSSR count). The lowest BCUT2D eigenvalue weighted by molar-refractivity contribution is -0.118. The Morgan fingerprint density at radius 2 is 1.89 bits per heavy atom. The minimum Gasteiger partial charge on any atom is -0.358 e. The van der Waals surface area contributed by atoms with Gasteiger partial charge in [-0.2, -0.15) is 0 Å². The summed E-state index contributed by atoms with van der Waals surface area (Å²) in [7, 11) is 0. The molecule has 2 aromatic carbocycles. The molecule has 1 aromatic heterocycles. The van der Waals surface area contributed by atoms with E-state index in [-0.39, 0.29) is 17.1 Å². The Hall–Kier alpha value is -2.65. The Bertz CT molecular complexity index is 1160. The normalized spacial score (nSPS) is 20.5. The summed E-state index contributed by atoms with van der Waals surface area (Å²) < 4.78 is 0. The molecule has 0 amide bonds. The molecule has 3 aromatic rings. The molecular weight excluding hydrogens is 368 g/mol. The number of pyridine rings is 1. The fraction of sp³-hybridized carbons (Fsp3) is 0.250. The van der Waals surface area contributed by atoms with Crippen molar-refractivity contribution < 1.29 is 4.79 Å². The van der Waals surface area contributed by atoms with E-state index in [0.717, 1.165) is 45.4 Å². The number of allylic oxidation sites excluding steroid dienone is 2. The number of fused-ring (bicyclic) bond motifs is 3. The van der Waals surface area contributed by atoms with Crippen LogP contribution in [0.5, 0.6) is 0 Å². The number of ketones is 1. The van der Waals surface area contributed by atoms with Crippen LogP contribution in [-0.2, 0) is 4.79 Å². The lowest BCUT2D eigenvalue weighted by Crippen LogP contribution is -2.34. The first-order valence-electron chi connectivity index (χ1n) is 9.60. The quantitative estimate of drug-likeness (QED) is 0.548. The number of hydrogen-bond acceptors (Lipinski definition) is 3. The van der Waals surface area contributed by atoms with E-state index >= 15 is 0 Å². The van der Waals surface area contributed by atoms with E-state index in [1.807, 2.05) is 36.4 Å². The van der Waals surface area contributed by atoms with Gasteiger partial charge in [0.25, 0.3) is 0 Å². The van der Waals surface area contributed by atoms with Gasteiger partial charge in [0, 0.05) is 45.9 Å². The summed E-state index contributed by atoms with van der Waals surface area (Å²) >= 11 is 6.64. The molecule has 3 nitrogen and oxygen atoms in total. The van der Waals surface area contributed by atoms with Crippen molar-refractivity contribution in [1.82, 2.24) is 4.98 Å². The number of Topliss-reactive ketones (excluding diaryl/α,β-unsaturated/α-hetero) is 1. The number of hydrogen-bond donors (Lipinski definition) is 1. The van der Waals surface area contributed by atoms with E-state index in [4.69, 9.17) is 11.6 Å². The van der Waals surface area contributed by atoms with Crippen LogP contribution >= 0.6 is 11.6 Å². The van der Waals surface area contributed by atoms with Crippen molar-refractivity contribution in [2.45, 2.75) is 32.6 Å². The van der Waals surface area contributed by atoms with Gasteiger partial charge in [-0.05, 0) is 47.2 Å². The predicted octanol–water partition coefficient (Wildman–Crippen LogP) is 6.09. The SMILES string of the molecule is CC1(C)CC(=O)C2=C(C1)Nc1ccc3ncccc3c1[C@H]2c1ccccc1Cl. The number of carbonyl (C=O) groups excluding carboxylic acids is 1. The Balaban J connectivity index is 1.84. The summed E-state index contributed by atoms with van der Waals surface area (Å²) in [5, 5.41) is 5.33. The Labute approximate surface area is 169 Å². The number of halogens is 1. The van der Waals surface area contributed by atoms with Crippen LogP contribution in [0.1, 0.15) is 43.7 Å². The van der Waals surface area contributed by atoms with E-state index in [1.165, 1.54) is 0 Å². The van der Waals surface area contributed by atoms with Crippen molar-refractivity contribution in [3.05, 3.63) is 82.1 Å². The average Bonchev–Trinajstić information content (AvgIpc) is 2.65. The number of carbonyl (C=O) groups is 1. The van der Waals surface area contributed by atoms with Crippen molar-refractivity contribution in [2.75, 3.05) is 5.32 Å². The molecule has 0 radical (unpaired) electrons. The van der Waals surface area contributed by atoms with Gasteiger partial charge >= 0.3 is 0 Å². The molecular formula is C24H21ClN2O. The molecule has 1 aliphatic heterocycles. The van der Waals surface area contributed by atoms with Gasteiger partial charge in [0.1, 0.15) is 0 Å². The topological polar surface area (TPSA) is 42.0 Å². The highest BCUT2D eigenvalue weighted by Gasteiger charge is 2.41. The van der Waals surface area contributed by atoms with Crippen molar-refractivity contribution in [3.63, 3.8) is 0 Å². The fourth-order valence-corrected chi connectivity index (χ4v) is 4.95. The second kappa shape index (κ2) is 6.18. The molecule has 0 saturated carbocycles. The third kappa shape index (κ3) is 2.65. The molecule has 0 saturated heterocycles. The molecule has 140 valence electrons. The maximum absolute atomic E-state index is 13.3. The summed E-state index contributed by atoms with van der Waals surface area (Å²) in [5.41, 5.74) is 5.86. The van der Waals surface area contributed by atoms with Crippen LogP contribution in [0.25, 0.3) is 10.9 Å². The van der Waals surface area contributed by atoms with Crippen LogP contribution in [0.2, 0.25) is 5.02 Å². The molecule has 2 heterocycles. The highest BCUT2D eigenvalue weighted by atomic mass is 35.5. The highest BCUT2D eigenvalue weighted by molar-refractivity contribution is 6.31. The van der Waals surface area contributed by atoms with Crippen molar-refractivity contribution in [2.24, 2.45) is 5.41 Å². The first-order chi connectivity index (χ1) is 13.4. The molecule has 1 N–H and O–H groups in total. The van der Waals surface area contributed by atoms with Crippen LogP contribution in [-0.4, -0.2) is 10.8 Å². The zero-order valence-electron chi connectivity index (χ0n) is 15.9. The molecule has 0 unspecified atom stereocenters. The Morgan fingerprint density at radius 1 is 1.07 bits per heavy atom.